The molecule has 29 heavy (non-hydrogen) atoms. The fraction of sp³-hybridized carbons (Fsp3) is 0.381. The summed E-state index contributed by atoms with van der Waals surface area (Å²) in [4.78, 5) is 39.5. The number of para-hydroxylation sites is 1. The van der Waals surface area contributed by atoms with Gasteiger partial charge in [-0.05, 0) is 40.7 Å². The Morgan fingerprint density at radius 2 is 1.83 bits per heavy atom. The first-order valence-electron chi connectivity index (χ1n) is 9.24. The first kappa shape index (κ1) is 20.4. The summed E-state index contributed by atoms with van der Waals surface area (Å²) in [5.74, 6) is -2.44. The maximum absolute atomic E-state index is 13.4. The fourth-order valence-electron chi connectivity index (χ4n) is 3.68. The molecule has 1 spiro atoms. The summed E-state index contributed by atoms with van der Waals surface area (Å²) in [5, 5.41) is 2.74. The number of amides is 1. The molecule has 2 aliphatic rings. The number of nitrogens with one attached hydrogen (secondary N) is 1. The SMILES string of the molecule is CCOC(=O)C1=C(N)OC(C)=C(C(=O)OC(C)(C)C)[C@]12C(=O)Nc1ccccc12. The molecule has 0 saturated carbocycles. The lowest BCUT2D eigenvalue weighted by molar-refractivity contribution is -0.152. The molecule has 0 radical (unpaired) electrons. The maximum Gasteiger partial charge on any atom is 0.341 e. The fourth-order valence-corrected chi connectivity index (χ4v) is 3.68. The summed E-state index contributed by atoms with van der Waals surface area (Å²) >= 11 is 0. The van der Waals surface area contributed by atoms with Crippen molar-refractivity contribution in [2.75, 3.05) is 11.9 Å². The van der Waals surface area contributed by atoms with E-state index < -0.39 is 28.9 Å². The number of carbonyl (C=O) groups excluding carboxylic acids is 3. The Hall–Kier alpha value is -3.29. The molecule has 2 aliphatic heterocycles. The van der Waals surface area contributed by atoms with E-state index in [1.54, 1.807) is 52.0 Å². The van der Waals surface area contributed by atoms with Gasteiger partial charge in [0.25, 0.3) is 0 Å². The number of carbonyl (C=O) groups is 3. The Morgan fingerprint density at radius 3 is 2.45 bits per heavy atom. The van der Waals surface area contributed by atoms with E-state index >= 15 is 0 Å². The highest BCUT2D eigenvalue weighted by atomic mass is 16.6. The van der Waals surface area contributed by atoms with Crippen LogP contribution in [0.15, 0.2) is 47.1 Å². The zero-order valence-corrected chi connectivity index (χ0v) is 17.0. The van der Waals surface area contributed by atoms with Crippen LogP contribution in [0, 0.1) is 0 Å². The van der Waals surface area contributed by atoms with Crippen LogP contribution in [0.25, 0.3) is 0 Å². The number of fused-ring (bicyclic) bond motifs is 2. The predicted molar refractivity (Wildman–Crippen MR) is 104 cm³/mol. The van der Waals surface area contributed by atoms with Crippen LogP contribution in [0.3, 0.4) is 0 Å². The monoisotopic (exact) mass is 400 g/mol. The van der Waals surface area contributed by atoms with Crippen molar-refractivity contribution in [3.05, 3.63) is 52.6 Å². The third-order valence-electron chi connectivity index (χ3n) is 4.61. The molecule has 0 fully saturated rings. The van der Waals surface area contributed by atoms with Crippen LogP contribution in [-0.4, -0.2) is 30.1 Å². The van der Waals surface area contributed by atoms with Crippen LogP contribution in [0.5, 0.6) is 0 Å². The number of hydrogen-bond acceptors (Lipinski definition) is 7. The Bertz CT molecular complexity index is 970. The van der Waals surface area contributed by atoms with Crippen LogP contribution < -0.4 is 11.1 Å². The van der Waals surface area contributed by atoms with Gasteiger partial charge in [0.05, 0.1) is 6.61 Å². The maximum atomic E-state index is 13.4. The lowest BCUT2D eigenvalue weighted by atomic mass is 9.67. The second kappa shape index (κ2) is 6.95. The van der Waals surface area contributed by atoms with Gasteiger partial charge >= 0.3 is 11.9 Å². The van der Waals surface area contributed by atoms with Crippen molar-refractivity contribution < 1.29 is 28.6 Å². The molecular weight excluding hydrogens is 376 g/mol. The molecule has 1 atom stereocenters. The van der Waals surface area contributed by atoms with E-state index in [2.05, 4.69) is 5.32 Å². The van der Waals surface area contributed by atoms with Gasteiger partial charge in [-0.25, -0.2) is 9.59 Å². The minimum atomic E-state index is -1.84. The summed E-state index contributed by atoms with van der Waals surface area (Å²) in [6.07, 6.45) is 0. The van der Waals surface area contributed by atoms with Gasteiger partial charge in [0.2, 0.25) is 11.8 Å². The highest BCUT2D eigenvalue weighted by Crippen LogP contribution is 2.52. The second-order valence-corrected chi connectivity index (χ2v) is 7.74. The molecule has 154 valence electrons. The highest BCUT2D eigenvalue weighted by Gasteiger charge is 2.62. The zero-order chi connectivity index (χ0) is 21.6. The molecule has 8 nitrogen and oxygen atoms in total. The van der Waals surface area contributed by atoms with E-state index in [1.807, 2.05) is 0 Å². The van der Waals surface area contributed by atoms with E-state index in [4.69, 9.17) is 19.9 Å². The first-order chi connectivity index (χ1) is 13.5. The molecule has 0 bridgehead atoms. The second-order valence-electron chi connectivity index (χ2n) is 7.74. The van der Waals surface area contributed by atoms with Gasteiger partial charge < -0.3 is 25.3 Å². The number of anilines is 1. The quantitative estimate of drug-likeness (QED) is 0.747. The van der Waals surface area contributed by atoms with Crippen molar-refractivity contribution in [1.29, 1.82) is 0 Å². The summed E-state index contributed by atoms with van der Waals surface area (Å²) in [7, 11) is 0. The number of rotatable bonds is 3. The molecule has 1 aromatic carbocycles. The van der Waals surface area contributed by atoms with Crippen molar-refractivity contribution in [2.45, 2.75) is 45.6 Å². The Kier molecular flexibility index (Phi) is 4.90. The number of esters is 2. The zero-order valence-electron chi connectivity index (χ0n) is 17.0. The number of benzene rings is 1. The number of ether oxygens (including phenoxy) is 3. The lowest BCUT2D eigenvalue weighted by Gasteiger charge is -2.36. The number of nitrogens with two attached hydrogens (primary N) is 1. The van der Waals surface area contributed by atoms with Crippen LogP contribution in [0.2, 0.25) is 0 Å². The van der Waals surface area contributed by atoms with E-state index in [1.165, 1.54) is 6.92 Å². The van der Waals surface area contributed by atoms with Gasteiger partial charge in [-0.1, -0.05) is 18.2 Å². The van der Waals surface area contributed by atoms with E-state index in [9.17, 15) is 14.4 Å². The summed E-state index contributed by atoms with van der Waals surface area (Å²) < 4.78 is 16.2. The third-order valence-corrected chi connectivity index (χ3v) is 4.61. The molecule has 8 heteroatoms. The van der Waals surface area contributed by atoms with Crippen molar-refractivity contribution in [3.63, 3.8) is 0 Å². The van der Waals surface area contributed by atoms with Crippen LogP contribution in [-0.2, 0) is 34.0 Å². The Balaban J connectivity index is 2.34. The van der Waals surface area contributed by atoms with Crippen molar-refractivity contribution in [3.8, 4) is 0 Å². The Labute approximate surface area is 168 Å². The molecular formula is C21H24N2O6. The average molecular weight is 400 g/mol. The van der Waals surface area contributed by atoms with Crippen LogP contribution >= 0.6 is 0 Å². The van der Waals surface area contributed by atoms with E-state index in [0.717, 1.165) is 0 Å². The smallest absolute Gasteiger partial charge is 0.341 e. The van der Waals surface area contributed by atoms with Gasteiger partial charge in [-0.2, -0.15) is 0 Å². The molecule has 1 aromatic rings. The summed E-state index contributed by atoms with van der Waals surface area (Å²) in [5.41, 5.74) is 3.90. The van der Waals surface area contributed by atoms with Gasteiger partial charge in [0.1, 0.15) is 27.9 Å². The summed E-state index contributed by atoms with van der Waals surface area (Å²) in [6, 6.07) is 6.77. The van der Waals surface area contributed by atoms with Crippen molar-refractivity contribution in [2.24, 2.45) is 5.73 Å². The topological polar surface area (TPSA) is 117 Å². The standard InChI is InChI=1S/C21H24N2O6/c1-6-27-17(24)15-16(22)28-11(2)14(18(25)29-20(3,4)5)21(15)12-9-7-8-10-13(12)23-19(21)26/h7-10H,6,22H2,1-5H3,(H,23,26)/t21-/m0/s1. The minimum Gasteiger partial charge on any atom is -0.462 e. The molecule has 0 aliphatic carbocycles. The van der Waals surface area contributed by atoms with Crippen molar-refractivity contribution in [1.82, 2.24) is 0 Å². The molecule has 1 amide bonds. The normalized spacial score (nSPS) is 20.9. The lowest BCUT2D eigenvalue weighted by Crippen LogP contribution is -2.49. The number of hydrogen-bond donors (Lipinski definition) is 2. The number of allylic oxidation sites excluding steroid dienone is 1. The predicted octanol–water partition coefficient (Wildman–Crippen LogP) is 2.26. The molecule has 0 saturated heterocycles. The van der Waals surface area contributed by atoms with E-state index in [0.29, 0.717) is 11.3 Å². The highest BCUT2D eigenvalue weighted by molar-refractivity contribution is 6.21. The van der Waals surface area contributed by atoms with Gasteiger partial charge in [0, 0.05) is 11.3 Å². The molecule has 2 heterocycles. The minimum absolute atomic E-state index is 0.0550. The largest absolute Gasteiger partial charge is 0.462 e. The van der Waals surface area contributed by atoms with E-state index in [-0.39, 0.29) is 29.4 Å². The van der Waals surface area contributed by atoms with Gasteiger partial charge in [0.15, 0.2) is 0 Å². The third kappa shape index (κ3) is 3.14. The molecule has 0 unspecified atom stereocenters. The Morgan fingerprint density at radius 1 is 1.17 bits per heavy atom. The molecule has 3 rings (SSSR count). The van der Waals surface area contributed by atoms with Crippen LogP contribution in [0.1, 0.15) is 40.2 Å². The first-order valence-corrected chi connectivity index (χ1v) is 9.24. The van der Waals surface area contributed by atoms with Crippen molar-refractivity contribution >= 4 is 23.5 Å². The molecule has 3 N–H and O–H groups in total. The average Bonchev–Trinajstić information content (AvgIpc) is 2.86. The van der Waals surface area contributed by atoms with Crippen LogP contribution in [0.4, 0.5) is 5.69 Å². The van der Waals surface area contributed by atoms with Gasteiger partial charge in [-0.15, -0.1) is 0 Å². The summed E-state index contributed by atoms with van der Waals surface area (Å²) in [6.45, 7) is 8.30. The molecule has 0 aromatic heterocycles. The van der Waals surface area contributed by atoms with Gasteiger partial charge in [-0.3, -0.25) is 4.79 Å².